The highest BCUT2D eigenvalue weighted by Crippen LogP contribution is 2.38. The van der Waals surface area contributed by atoms with Gasteiger partial charge in [-0.1, -0.05) is 37.3 Å². The van der Waals surface area contributed by atoms with E-state index < -0.39 is 36.9 Å². The lowest BCUT2D eigenvalue weighted by molar-refractivity contribution is -0.333. The molecule has 34 heavy (non-hydrogen) atoms. The number of aliphatic hydroxyl groups is 1. The first-order chi connectivity index (χ1) is 16.4. The molecule has 2 heterocycles. The Morgan fingerprint density at radius 2 is 1.79 bits per heavy atom. The van der Waals surface area contributed by atoms with Gasteiger partial charge in [0.1, 0.15) is 35.9 Å². The maximum atomic E-state index is 12.4. The van der Waals surface area contributed by atoms with Gasteiger partial charge in [0.05, 0.1) is 19.3 Å². The van der Waals surface area contributed by atoms with Crippen LogP contribution in [0.5, 0.6) is 11.5 Å². The van der Waals surface area contributed by atoms with E-state index in [1.165, 1.54) is 6.92 Å². The molecule has 6 unspecified atom stereocenters. The Labute approximate surface area is 197 Å². The molecule has 0 aromatic heterocycles. The molecule has 2 fully saturated rings. The van der Waals surface area contributed by atoms with Gasteiger partial charge in [-0.05, 0) is 18.2 Å². The molecule has 0 aliphatic carbocycles. The predicted octanol–water partition coefficient (Wildman–Crippen LogP) is 2.37. The zero-order valence-electron chi connectivity index (χ0n) is 19.3. The Hall–Kier alpha value is -2.98. The molecule has 1 amide bonds. The first kappa shape index (κ1) is 24.2. The summed E-state index contributed by atoms with van der Waals surface area (Å²) in [5, 5.41) is 13.9. The Bertz CT molecular complexity index is 1030. The van der Waals surface area contributed by atoms with Crippen LogP contribution in [0.4, 0.5) is 0 Å². The lowest BCUT2D eigenvalue weighted by atomic mass is 9.95. The van der Waals surface area contributed by atoms with Crippen molar-refractivity contribution in [3.05, 3.63) is 59.7 Å². The minimum absolute atomic E-state index is 0.0927. The summed E-state index contributed by atoms with van der Waals surface area (Å²) in [6.07, 6.45) is -4.17. The summed E-state index contributed by atoms with van der Waals surface area (Å²) in [6.45, 7) is 3.22. The maximum Gasteiger partial charge on any atom is 0.223 e. The summed E-state index contributed by atoms with van der Waals surface area (Å²) in [5.74, 6) is 0.440. The van der Waals surface area contributed by atoms with E-state index in [1.54, 1.807) is 44.4 Å². The van der Waals surface area contributed by atoms with Crippen LogP contribution in [0.2, 0.25) is 0 Å². The number of carbonyl (C=O) groups excluding carboxylic acids is 2. The van der Waals surface area contributed by atoms with Crippen molar-refractivity contribution in [2.75, 3.05) is 13.7 Å². The van der Waals surface area contributed by atoms with Gasteiger partial charge in [0.15, 0.2) is 12.1 Å². The third kappa shape index (κ3) is 4.92. The van der Waals surface area contributed by atoms with Crippen LogP contribution in [0.3, 0.4) is 0 Å². The van der Waals surface area contributed by atoms with Crippen molar-refractivity contribution in [1.29, 1.82) is 0 Å². The van der Waals surface area contributed by atoms with Crippen molar-refractivity contribution in [2.24, 2.45) is 0 Å². The van der Waals surface area contributed by atoms with Gasteiger partial charge < -0.3 is 34.1 Å². The molecule has 182 valence electrons. The second-order valence-electron chi connectivity index (χ2n) is 8.16. The van der Waals surface area contributed by atoms with Gasteiger partial charge in [0.2, 0.25) is 12.2 Å². The molecule has 9 nitrogen and oxygen atoms in total. The zero-order valence-corrected chi connectivity index (χ0v) is 19.3. The van der Waals surface area contributed by atoms with Crippen molar-refractivity contribution >= 4 is 11.7 Å². The number of ether oxygens (including phenoxy) is 5. The van der Waals surface area contributed by atoms with E-state index in [9.17, 15) is 14.7 Å². The first-order valence-electron chi connectivity index (χ1n) is 11.2. The second-order valence-corrected chi connectivity index (χ2v) is 8.16. The number of ketones is 1. The summed E-state index contributed by atoms with van der Waals surface area (Å²) in [5.41, 5.74) is 1.08. The number of Topliss-reactive ketones (excluding diaryl/α,β-unsaturated/α-hetero) is 1. The van der Waals surface area contributed by atoms with Gasteiger partial charge in [0.25, 0.3) is 0 Å². The minimum atomic E-state index is -1.16. The second kappa shape index (κ2) is 10.5. The van der Waals surface area contributed by atoms with Gasteiger partial charge >= 0.3 is 0 Å². The summed E-state index contributed by atoms with van der Waals surface area (Å²) in [7, 11) is 1.55. The molecule has 2 saturated heterocycles. The molecule has 2 N–H and O–H groups in total. The van der Waals surface area contributed by atoms with Gasteiger partial charge in [-0.15, -0.1) is 0 Å². The lowest BCUT2D eigenvalue weighted by Crippen LogP contribution is -2.67. The Balaban J connectivity index is 1.58. The van der Waals surface area contributed by atoms with E-state index in [0.717, 1.165) is 0 Å². The van der Waals surface area contributed by atoms with E-state index in [2.05, 4.69) is 5.32 Å². The third-order valence-corrected chi connectivity index (χ3v) is 5.88. The van der Waals surface area contributed by atoms with Crippen molar-refractivity contribution in [3.63, 3.8) is 0 Å². The summed E-state index contributed by atoms with van der Waals surface area (Å²) < 4.78 is 29.5. The molecular weight excluding hydrogens is 442 g/mol. The molecule has 0 bridgehead atoms. The molecule has 2 aliphatic rings. The van der Waals surface area contributed by atoms with E-state index >= 15 is 0 Å². The molecule has 0 saturated carbocycles. The van der Waals surface area contributed by atoms with Crippen LogP contribution in [0.15, 0.2) is 48.5 Å². The summed E-state index contributed by atoms with van der Waals surface area (Å²) in [4.78, 5) is 24.3. The number of benzene rings is 2. The van der Waals surface area contributed by atoms with Crippen molar-refractivity contribution in [1.82, 2.24) is 5.32 Å². The fourth-order valence-electron chi connectivity index (χ4n) is 4.21. The Morgan fingerprint density at radius 3 is 2.50 bits per heavy atom. The largest absolute Gasteiger partial charge is 0.496 e. The highest BCUT2D eigenvalue weighted by Gasteiger charge is 2.51. The summed E-state index contributed by atoms with van der Waals surface area (Å²) >= 11 is 0. The number of methoxy groups -OCH3 is 1. The number of hydrogen-bond acceptors (Lipinski definition) is 8. The van der Waals surface area contributed by atoms with Gasteiger partial charge in [-0.2, -0.15) is 0 Å². The molecule has 9 heteroatoms. The van der Waals surface area contributed by atoms with Crippen LogP contribution in [0, 0.1) is 0 Å². The fourth-order valence-corrected chi connectivity index (χ4v) is 4.21. The number of para-hydroxylation sites is 2. The van der Waals surface area contributed by atoms with Crippen LogP contribution in [-0.4, -0.2) is 61.2 Å². The molecule has 2 aromatic carbocycles. The molecular formula is C25H29NO8. The topological polar surface area (TPSA) is 113 Å². The minimum Gasteiger partial charge on any atom is -0.496 e. The van der Waals surface area contributed by atoms with Gasteiger partial charge in [-0.25, -0.2) is 0 Å². The number of hydrogen-bond donors (Lipinski definition) is 2. The number of nitrogens with one attached hydrogen (secondary N) is 1. The summed E-state index contributed by atoms with van der Waals surface area (Å²) in [6, 6.07) is 13.1. The molecule has 2 aromatic rings. The Kier molecular flexibility index (Phi) is 7.47. The molecule has 2 aliphatic heterocycles. The number of rotatable bonds is 7. The van der Waals surface area contributed by atoms with E-state index in [4.69, 9.17) is 23.7 Å². The smallest absolute Gasteiger partial charge is 0.223 e. The third-order valence-electron chi connectivity index (χ3n) is 5.88. The SMILES string of the molecule is CCC(=O)c1ccccc1OC1OC2COC(c3ccccc3OC)OC2C(O)C1NC(C)=O. The van der Waals surface area contributed by atoms with E-state index in [1.807, 2.05) is 18.2 Å². The van der Waals surface area contributed by atoms with Crippen LogP contribution in [0.1, 0.15) is 42.5 Å². The van der Waals surface area contributed by atoms with Crippen LogP contribution >= 0.6 is 0 Å². The average molecular weight is 472 g/mol. The van der Waals surface area contributed by atoms with Crippen LogP contribution < -0.4 is 14.8 Å². The van der Waals surface area contributed by atoms with Crippen molar-refractivity contribution in [3.8, 4) is 11.5 Å². The number of aliphatic hydroxyl groups excluding tert-OH is 1. The highest BCUT2D eigenvalue weighted by atomic mass is 16.7. The van der Waals surface area contributed by atoms with Crippen molar-refractivity contribution in [2.45, 2.75) is 57.2 Å². The Morgan fingerprint density at radius 1 is 1.09 bits per heavy atom. The molecule has 0 radical (unpaired) electrons. The van der Waals surface area contributed by atoms with Gasteiger partial charge in [0, 0.05) is 18.9 Å². The predicted molar refractivity (Wildman–Crippen MR) is 121 cm³/mol. The van der Waals surface area contributed by atoms with E-state index in [0.29, 0.717) is 29.0 Å². The normalized spacial score (nSPS) is 28.5. The number of fused-ring (bicyclic) bond motifs is 1. The number of amides is 1. The standard InChI is InChI=1S/C25H29NO8/c1-4-17(28)15-9-5-8-12-19(15)32-25-21(26-14(2)27)22(29)23-20(33-25)13-31-24(34-23)16-10-6-7-11-18(16)30-3/h5-12,20-25,29H,4,13H2,1-3H3,(H,26,27). The monoisotopic (exact) mass is 471 g/mol. The van der Waals surface area contributed by atoms with E-state index in [-0.39, 0.29) is 18.3 Å². The molecule has 6 atom stereocenters. The van der Waals surface area contributed by atoms with Crippen molar-refractivity contribution < 1.29 is 38.4 Å². The first-order valence-corrected chi connectivity index (χ1v) is 11.2. The maximum absolute atomic E-state index is 12.4. The highest BCUT2D eigenvalue weighted by molar-refractivity contribution is 5.98. The zero-order chi connectivity index (χ0) is 24.2. The lowest BCUT2D eigenvalue weighted by Gasteiger charge is -2.47. The molecule has 0 spiro atoms. The number of carbonyl (C=O) groups is 2. The van der Waals surface area contributed by atoms with Crippen LogP contribution in [-0.2, 0) is 19.0 Å². The van der Waals surface area contributed by atoms with Gasteiger partial charge in [-0.3, -0.25) is 9.59 Å². The fraction of sp³-hybridized carbons (Fsp3) is 0.440. The average Bonchev–Trinajstić information content (AvgIpc) is 2.86. The van der Waals surface area contributed by atoms with Crippen LogP contribution in [0.25, 0.3) is 0 Å². The quantitative estimate of drug-likeness (QED) is 0.592. The molecule has 4 rings (SSSR count).